The molecule has 3 rings (SSSR count). The molecule has 0 radical (unpaired) electrons. The van der Waals surface area contributed by atoms with Gasteiger partial charge in [0.05, 0.1) is 12.0 Å². The summed E-state index contributed by atoms with van der Waals surface area (Å²) in [5.74, 6) is 1.31. The van der Waals surface area contributed by atoms with Crippen LogP contribution >= 0.6 is 15.9 Å². The molecule has 1 N–H and O–H groups in total. The van der Waals surface area contributed by atoms with Crippen molar-refractivity contribution in [3.05, 3.63) is 62.1 Å². The Balaban J connectivity index is 1.62. The highest BCUT2D eigenvalue weighted by atomic mass is 79.9. The maximum atomic E-state index is 10.8. The van der Waals surface area contributed by atoms with Crippen LogP contribution in [0.3, 0.4) is 0 Å². The van der Waals surface area contributed by atoms with Gasteiger partial charge in [-0.15, -0.1) is 0 Å². The second-order valence-corrected chi connectivity index (χ2v) is 8.58. The summed E-state index contributed by atoms with van der Waals surface area (Å²) in [5.41, 5.74) is 2.06. The van der Waals surface area contributed by atoms with Crippen molar-refractivity contribution in [1.29, 1.82) is 0 Å². The van der Waals surface area contributed by atoms with Gasteiger partial charge in [0, 0.05) is 29.2 Å². The van der Waals surface area contributed by atoms with Crippen molar-refractivity contribution in [2.75, 3.05) is 7.11 Å². The van der Waals surface area contributed by atoms with E-state index in [0.717, 1.165) is 22.1 Å². The van der Waals surface area contributed by atoms with Gasteiger partial charge < -0.3 is 14.8 Å². The van der Waals surface area contributed by atoms with Crippen LogP contribution in [0.25, 0.3) is 0 Å². The minimum Gasteiger partial charge on any atom is -0.493 e. The van der Waals surface area contributed by atoms with Gasteiger partial charge >= 0.3 is 0 Å². The highest BCUT2D eigenvalue weighted by Gasteiger charge is 2.14. The van der Waals surface area contributed by atoms with Crippen LogP contribution in [0.5, 0.6) is 11.5 Å². The van der Waals surface area contributed by atoms with Gasteiger partial charge in [0.2, 0.25) is 0 Å². The number of non-ortho nitro benzene ring substituents is 1. The van der Waals surface area contributed by atoms with Crippen molar-refractivity contribution in [3.8, 4) is 11.5 Å². The minimum atomic E-state index is -0.409. The van der Waals surface area contributed by atoms with E-state index in [9.17, 15) is 10.1 Å². The number of rotatable bonds is 8. The zero-order valence-electron chi connectivity index (χ0n) is 17.4. The van der Waals surface area contributed by atoms with Crippen LogP contribution in [0.15, 0.2) is 40.9 Å². The molecule has 0 heterocycles. The molecule has 0 amide bonds. The maximum absolute atomic E-state index is 10.8. The first-order valence-electron chi connectivity index (χ1n) is 10.5. The Hall–Kier alpha value is -2.12. The topological polar surface area (TPSA) is 73.6 Å². The molecule has 0 aliphatic heterocycles. The summed E-state index contributed by atoms with van der Waals surface area (Å²) in [4.78, 5) is 10.4. The molecular weight excluding hydrogens is 448 g/mol. The summed E-state index contributed by atoms with van der Waals surface area (Å²) in [5, 5.41) is 14.5. The third kappa shape index (κ3) is 6.44. The van der Waals surface area contributed by atoms with E-state index in [2.05, 4.69) is 21.2 Å². The second kappa shape index (κ2) is 11.3. The number of nitro groups is 1. The molecule has 2 aromatic carbocycles. The monoisotopic (exact) mass is 476 g/mol. The fourth-order valence-corrected chi connectivity index (χ4v) is 4.24. The summed E-state index contributed by atoms with van der Waals surface area (Å²) in [6.45, 7) is 1.09. The Morgan fingerprint density at radius 2 is 1.73 bits per heavy atom. The van der Waals surface area contributed by atoms with Crippen molar-refractivity contribution in [2.24, 2.45) is 0 Å². The first-order chi connectivity index (χ1) is 14.6. The number of nitro benzene ring substituents is 1. The van der Waals surface area contributed by atoms with E-state index in [1.807, 2.05) is 12.1 Å². The predicted molar refractivity (Wildman–Crippen MR) is 121 cm³/mol. The molecule has 0 bridgehead atoms. The molecular formula is C23H29BrN2O4. The number of benzene rings is 2. The molecule has 1 aliphatic carbocycles. The smallest absolute Gasteiger partial charge is 0.269 e. The Kier molecular flexibility index (Phi) is 8.51. The van der Waals surface area contributed by atoms with Gasteiger partial charge in [0.15, 0.2) is 11.5 Å². The first-order valence-corrected chi connectivity index (χ1v) is 11.3. The lowest BCUT2D eigenvalue weighted by Gasteiger charge is -2.22. The molecule has 162 valence electrons. The highest BCUT2D eigenvalue weighted by Crippen LogP contribution is 2.34. The molecule has 0 aromatic heterocycles. The van der Waals surface area contributed by atoms with Crippen molar-refractivity contribution < 1.29 is 14.4 Å². The molecule has 1 saturated carbocycles. The van der Waals surface area contributed by atoms with Crippen LogP contribution < -0.4 is 14.8 Å². The zero-order chi connectivity index (χ0) is 21.3. The normalized spacial score (nSPS) is 15.3. The summed E-state index contributed by atoms with van der Waals surface area (Å²) in [6, 6.07) is 10.9. The van der Waals surface area contributed by atoms with Gasteiger partial charge in [-0.2, -0.15) is 0 Å². The van der Waals surface area contributed by atoms with Crippen molar-refractivity contribution >= 4 is 21.6 Å². The van der Waals surface area contributed by atoms with Gasteiger partial charge in [-0.1, -0.05) is 48.0 Å². The van der Waals surface area contributed by atoms with E-state index in [4.69, 9.17) is 9.47 Å². The molecule has 2 aromatic rings. The van der Waals surface area contributed by atoms with E-state index in [0.29, 0.717) is 24.1 Å². The largest absolute Gasteiger partial charge is 0.493 e. The van der Waals surface area contributed by atoms with Gasteiger partial charge in [-0.05, 0) is 48.2 Å². The highest BCUT2D eigenvalue weighted by molar-refractivity contribution is 9.10. The number of halogens is 1. The molecule has 6 nitrogen and oxygen atoms in total. The molecule has 0 atom stereocenters. The lowest BCUT2D eigenvalue weighted by Crippen LogP contribution is -2.29. The molecule has 1 aliphatic rings. The Bertz CT molecular complexity index is 834. The van der Waals surface area contributed by atoms with E-state index in [1.165, 1.54) is 57.1 Å². The zero-order valence-corrected chi connectivity index (χ0v) is 18.9. The van der Waals surface area contributed by atoms with Crippen LogP contribution in [0.4, 0.5) is 5.69 Å². The van der Waals surface area contributed by atoms with E-state index >= 15 is 0 Å². The SMILES string of the molecule is COc1cc(CNC2CCCCCCC2)c(Br)cc1OCc1ccc([N+](=O)[O-])cc1. The van der Waals surface area contributed by atoms with E-state index in [1.54, 1.807) is 19.2 Å². The predicted octanol–water partition coefficient (Wildman–Crippen LogP) is 6.15. The number of methoxy groups -OCH3 is 1. The number of nitrogens with zero attached hydrogens (tertiary/aromatic N) is 1. The van der Waals surface area contributed by atoms with Gasteiger partial charge in [0.25, 0.3) is 5.69 Å². The number of nitrogens with one attached hydrogen (secondary N) is 1. The number of ether oxygens (including phenoxy) is 2. The maximum Gasteiger partial charge on any atom is 0.269 e. The van der Waals surface area contributed by atoms with Crippen LogP contribution in [-0.2, 0) is 13.2 Å². The minimum absolute atomic E-state index is 0.0696. The number of hydrogen-bond donors (Lipinski definition) is 1. The van der Waals surface area contributed by atoms with Crippen LogP contribution in [0.2, 0.25) is 0 Å². The summed E-state index contributed by atoms with van der Waals surface area (Å²) < 4.78 is 12.4. The van der Waals surface area contributed by atoms with Gasteiger partial charge in [0.1, 0.15) is 6.61 Å². The molecule has 1 fully saturated rings. The Labute approximate surface area is 186 Å². The van der Waals surface area contributed by atoms with E-state index in [-0.39, 0.29) is 5.69 Å². The fraction of sp³-hybridized carbons (Fsp3) is 0.478. The standard InChI is InChI=1S/C23H29BrN2O4/c1-29-22-13-18(15-25-19-7-5-3-2-4-6-8-19)21(24)14-23(22)30-16-17-9-11-20(12-10-17)26(27)28/h9-14,19,25H,2-8,15-16H2,1H3. The Morgan fingerprint density at radius 1 is 1.07 bits per heavy atom. The van der Waals surface area contributed by atoms with Gasteiger partial charge in [-0.25, -0.2) is 0 Å². The fourth-order valence-electron chi connectivity index (χ4n) is 3.77. The molecule has 7 heteroatoms. The second-order valence-electron chi connectivity index (χ2n) is 7.73. The lowest BCUT2D eigenvalue weighted by molar-refractivity contribution is -0.384. The third-order valence-electron chi connectivity index (χ3n) is 5.56. The summed E-state index contributed by atoms with van der Waals surface area (Å²) in [7, 11) is 1.63. The Morgan fingerprint density at radius 3 is 2.37 bits per heavy atom. The van der Waals surface area contributed by atoms with E-state index < -0.39 is 4.92 Å². The first kappa shape index (κ1) is 22.6. The third-order valence-corrected chi connectivity index (χ3v) is 6.30. The average molecular weight is 477 g/mol. The van der Waals surface area contributed by atoms with Crippen molar-refractivity contribution in [3.63, 3.8) is 0 Å². The quantitative estimate of drug-likeness (QED) is 0.365. The molecule has 0 spiro atoms. The lowest BCUT2D eigenvalue weighted by atomic mass is 9.96. The van der Waals surface area contributed by atoms with Crippen LogP contribution in [0.1, 0.15) is 56.1 Å². The molecule has 30 heavy (non-hydrogen) atoms. The number of hydrogen-bond acceptors (Lipinski definition) is 5. The average Bonchev–Trinajstić information content (AvgIpc) is 2.72. The summed E-state index contributed by atoms with van der Waals surface area (Å²) in [6.07, 6.45) is 9.15. The molecule has 0 saturated heterocycles. The van der Waals surface area contributed by atoms with Crippen LogP contribution in [-0.4, -0.2) is 18.1 Å². The van der Waals surface area contributed by atoms with Gasteiger partial charge in [-0.3, -0.25) is 10.1 Å². The summed E-state index contributed by atoms with van der Waals surface area (Å²) >= 11 is 3.66. The molecule has 0 unspecified atom stereocenters. The van der Waals surface area contributed by atoms with Crippen molar-refractivity contribution in [2.45, 2.75) is 64.1 Å². The van der Waals surface area contributed by atoms with Crippen LogP contribution in [0, 0.1) is 10.1 Å². The van der Waals surface area contributed by atoms with Crippen molar-refractivity contribution in [1.82, 2.24) is 5.32 Å².